The molecule has 0 aromatic heterocycles. The Morgan fingerprint density at radius 1 is 1.47 bits per heavy atom. The molecule has 1 atom stereocenters. The second kappa shape index (κ2) is 4.57. The van der Waals surface area contributed by atoms with Gasteiger partial charge in [-0.2, -0.15) is 8.42 Å². The number of hydrogen-bond donors (Lipinski definition) is 1. The second-order valence-electron chi connectivity index (χ2n) is 4.23. The molecule has 1 N–H and O–H groups in total. The van der Waals surface area contributed by atoms with E-state index >= 15 is 0 Å². The average molecular weight is 256 g/mol. The first-order chi connectivity index (χ1) is 6.61. The van der Waals surface area contributed by atoms with Crippen LogP contribution in [0.4, 0.5) is 0 Å². The minimum Gasteiger partial charge on any atom is -0.315 e. The fraction of sp³-hybridized carbons (Fsp3) is 1.00. The molecule has 1 aliphatic carbocycles. The molecular weight excluding hydrogens is 238 g/mol. The monoisotopic (exact) mass is 255 g/mol. The van der Waals surface area contributed by atoms with Crippen LogP contribution in [0.2, 0.25) is 0 Å². The van der Waals surface area contributed by atoms with E-state index in [9.17, 15) is 8.42 Å². The quantitative estimate of drug-likeness (QED) is 0.762. The number of halogens is 1. The van der Waals surface area contributed by atoms with Crippen molar-refractivity contribution >= 4 is 22.5 Å². The smallest absolute Gasteiger partial charge is 0.272 e. The largest absolute Gasteiger partial charge is 0.315 e. The highest BCUT2D eigenvalue weighted by Crippen LogP contribution is 2.48. The first kappa shape index (κ1) is 13.2. The maximum Gasteiger partial charge on any atom is 0.272 e. The standard InChI is InChI=1S/C9H17NO3S.ClH/c1-2-13-14(11,12)8-6-10-7-9(8)4-3-5-9;/h8,10H,2-7H2,1H3;1H. The summed E-state index contributed by atoms with van der Waals surface area (Å²) >= 11 is 0. The summed E-state index contributed by atoms with van der Waals surface area (Å²) in [5.41, 5.74) is -0.00595. The van der Waals surface area contributed by atoms with Gasteiger partial charge in [0.25, 0.3) is 10.1 Å². The fourth-order valence-electron chi connectivity index (χ4n) is 2.57. The predicted octanol–water partition coefficient (Wildman–Crippen LogP) is 0.917. The molecule has 1 aliphatic heterocycles. The highest BCUT2D eigenvalue weighted by atomic mass is 35.5. The molecule has 0 amide bonds. The molecule has 15 heavy (non-hydrogen) atoms. The van der Waals surface area contributed by atoms with Crippen molar-refractivity contribution in [3.8, 4) is 0 Å². The van der Waals surface area contributed by atoms with Crippen LogP contribution in [0.15, 0.2) is 0 Å². The molecule has 2 rings (SSSR count). The zero-order valence-corrected chi connectivity index (χ0v) is 10.5. The second-order valence-corrected chi connectivity index (χ2v) is 6.03. The van der Waals surface area contributed by atoms with Crippen molar-refractivity contribution in [1.29, 1.82) is 0 Å². The maximum absolute atomic E-state index is 11.8. The third kappa shape index (κ3) is 2.16. The Labute approximate surface area is 97.3 Å². The molecule has 2 aliphatic rings. The Morgan fingerprint density at radius 3 is 2.60 bits per heavy atom. The molecular formula is C9H18ClNO3S. The van der Waals surface area contributed by atoms with E-state index < -0.39 is 10.1 Å². The van der Waals surface area contributed by atoms with E-state index in [0.29, 0.717) is 6.54 Å². The van der Waals surface area contributed by atoms with Gasteiger partial charge in [0.2, 0.25) is 0 Å². The van der Waals surface area contributed by atoms with Crippen LogP contribution < -0.4 is 5.32 Å². The van der Waals surface area contributed by atoms with Gasteiger partial charge in [0.1, 0.15) is 5.25 Å². The van der Waals surface area contributed by atoms with E-state index in [1.54, 1.807) is 6.92 Å². The van der Waals surface area contributed by atoms with E-state index in [2.05, 4.69) is 5.32 Å². The summed E-state index contributed by atoms with van der Waals surface area (Å²) in [6.07, 6.45) is 3.20. The summed E-state index contributed by atoms with van der Waals surface area (Å²) in [6.45, 7) is 3.36. The van der Waals surface area contributed by atoms with Crippen molar-refractivity contribution in [2.24, 2.45) is 5.41 Å². The van der Waals surface area contributed by atoms with Crippen LogP contribution in [0.25, 0.3) is 0 Å². The number of nitrogens with one attached hydrogen (secondary N) is 1. The van der Waals surface area contributed by atoms with Gasteiger partial charge in [-0.15, -0.1) is 12.4 Å². The van der Waals surface area contributed by atoms with Crippen molar-refractivity contribution in [3.05, 3.63) is 0 Å². The minimum absolute atomic E-state index is 0. The lowest BCUT2D eigenvalue weighted by Gasteiger charge is -2.41. The Balaban J connectivity index is 0.00000112. The van der Waals surface area contributed by atoms with Crippen LogP contribution in [0.1, 0.15) is 26.2 Å². The summed E-state index contributed by atoms with van der Waals surface area (Å²) in [5.74, 6) is 0. The van der Waals surface area contributed by atoms with Gasteiger partial charge in [0.05, 0.1) is 6.61 Å². The van der Waals surface area contributed by atoms with E-state index in [-0.39, 0.29) is 29.7 Å². The molecule has 1 saturated heterocycles. The molecule has 0 aromatic carbocycles. The van der Waals surface area contributed by atoms with Crippen molar-refractivity contribution in [1.82, 2.24) is 5.32 Å². The summed E-state index contributed by atoms with van der Waals surface area (Å²) in [5, 5.41) is 2.85. The zero-order chi connectivity index (χ0) is 10.2. The lowest BCUT2D eigenvalue weighted by molar-refractivity contribution is 0.157. The van der Waals surface area contributed by atoms with Crippen LogP contribution in [0.5, 0.6) is 0 Å². The lowest BCUT2D eigenvalue weighted by atomic mass is 9.68. The third-order valence-corrected chi connectivity index (χ3v) is 5.40. The summed E-state index contributed by atoms with van der Waals surface area (Å²) in [6, 6.07) is 0. The molecule has 0 bridgehead atoms. The predicted molar refractivity (Wildman–Crippen MR) is 60.7 cm³/mol. The van der Waals surface area contributed by atoms with Gasteiger partial charge in [-0.1, -0.05) is 6.42 Å². The minimum atomic E-state index is -3.34. The molecule has 4 nitrogen and oxygen atoms in total. The average Bonchev–Trinajstić information content (AvgIpc) is 2.46. The molecule has 90 valence electrons. The van der Waals surface area contributed by atoms with Crippen molar-refractivity contribution in [2.75, 3.05) is 19.7 Å². The highest BCUT2D eigenvalue weighted by Gasteiger charge is 2.53. The Kier molecular flexibility index (Phi) is 4.03. The topological polar surface area (TPSA) is 55.4 Å². The molecule has 0 radical (unpaired) electrons. The van der Waals surface area contributed by atoms with Gasteiger partial charge >= 0.3 is 0 Å². The van der Waals surface area contributed by atoms with Crippen molar-refractivity contribution < 1.29 is 12.6 Å². The van der Waals surface area contributed by atoms with Gasteiger partial charge in [-0.25, -0.2) is 0 Å². The molecule has 1 spiro atoms. The van der Waals surface area contributed by atoms with Crippen LogP contribution in [-0.4, -0.2) is 33.4 Å². The highest BCUT2D eigenvalue weighted by molar-refractivity contribution is 7.87. The van der Waals surface area contributed by atoms with Crippen LogP contribution in [-0.2, 0) is 14.3 Å². The van der Waals surface area contributed by atoms with Crippen LogP contribution in [0.3, 0.4) is 0 Å². The van der Waals surface area contributed by atoms with Crippen LogP contribution in [0, 0.1) is 5.41 Å². The van der Waals surface area contributed by atoms with Gasteiger partial charge in [-0.05, 0) is 19.8 Å². The normalized spacial score (nSPS) is 28.5. The molecule has 1 saturated carbocycles. The summed E-state index contributed by atoms with van der Waals surface area (Å²) < 4.78 is 28.4. The Bertz CT molecular complexity index is 313. The van der Waals surface area contributed by atoms with E-state index in [1.165, 1.54) is 0 Å². The fourth-order valence-corrected chi connectivity index (χ4v) is 4.31. The number of hydrogen-bond acceptors (Lipinski definition) is 4. The van der Waals surface area contributed by atoms with E-state index in [4.69, 9.17) is 4.18 Å². The molecule has 1 heterocycles. The Hall–Kier alpha value is 0.160. The molecule has 6 heteroatoms. The Morgan fingerprint density at radius 2 is 2.13 bits per heavy atom. The number of rotatable bonds is 3. The first-order valence-electron chi connectivity index (χ1n) is 5.20. The van der Waals surface area contributed by atoms with E-state index in [1.807, 2.05) is 0 Å². The van der Waals surface area contributed by atoms with Gasteiger partial charge in [0.15, 0.2) is 0 Å². The third-order valence-electron chi connectivity index (χ3n) is 3.47. The lowest BCUT2D eigenvalue weighted by Crippen LogP contribution is -2.45. The first-order valence-corrected chi connectivity index (χ1v) is 6.67. The van der Waals surface area contributed by atoms with Gasteiger partial charge in [0, 0.05) is 18.5 Å². The molecule has 2 fully saturated rings. The van der Waals surface area contributed by atoms with E-state index in [0.717, 1.165) is 25.8 Å². The summed E-state index contributed by atoms with van der Waals surface area (Å²) in [7, 11) is -3.34. The molecule has 0 aromatic rings. The maximum atomic E-state index is 11.8. The molecule has 1 unspecified atom stereocenters. The SMILES string of the molecule is CCOS(=O)(=O)C1CNCC12CCC2.Cl. The summed E-state index contributed by atoms with van der Waals surface area (Å²) in [4.78, 5) is 0. The zero-order valence-electron chi connectivity index (χ0n) is 8.86. The van der Waals surface area contributed by atoms with Gasteiger partial charge in [-0.3, -0.25) is 4.18 Å². The van der Waals surface area contributed by atoms with Crippen molar-refractivity contribution in [2.45, 2.75) is 31.4 Å². The van der Waals surface area contributed by atoms with Crippen molar-refractivity contribution in [3.63, 3.8) is 0 Å². The van der Waals surface area contributed by atoms with Gasteiger partial charge < -0.3 is 5.32 Å². The van der Waals surface area contributed by atoms with Crippen LogP contribution >= 0.6 is 12.4 Å².